The normalized spacial score (nSPS) is 10.6. The molecule has 0 aliphatic heterocycles. The van der Waals surface area contributed by atoms with Gasteiger partial charge in [0.15, 0.2) is 0 Å². The molecule has 0 bridgehead atoms. The second-order valence-corrected chi connectivity index (χ2v) is 5.25. The Hall–Kier alpha value is -2.49. The molecule has 0 aliphatic rings. The number of aromatic carboxylic acids is 1. The number of anilines is 1. The van der Waals surface area contributed by atoms with Gasteiger partial charge >= 0.3 is 5.97 Å². The van der Waals surface area contributed by atoms with E-state index in [1.807, 2.05) is 12.1 Å². The van der Waals surface area contributed by atoms with Crippen LogP contribution in [0.3, 0.4) is 0 Å². The summed E-state index contributed by atoms with van der Waals surface area (Å²) in [4.78, 5) is 11.2. The molecule has 2 rings (SSSR count). The van der Waals surface area contributed by atoms with E-state index < -0.39 is 5.97 Å². The molecular weight excluding hydrogens is 266 g/mol. The van der Waals surface area contributed by atoms with E-state index in [-0.39, 0.29) is 5.56 Å². The fourth-order valence-electron chi connectivity index (χ4n) is 2.00. The largest absolute Gasteiger partial charge is 0.488 e. The van der Waals surface area contributed by atoms with Crippen LogP contribution in [-0.2, 0) is 6.61 Å². The third-order valence-corrected chi connectivity index (χ3v) is 3.27. The number of hydrogen-bond acceptors (Lipinski definition) is 3. The topological polar surface area (TPSA) is 72.5 Å². The molecule has 0 radical (unpaired) electrons. The van der Waals surface area contributed by atoms with Crippen molar-refractivity contribution in [1.82, 2.24) is 0 Å². The van der Waals surface area contributed by atoms with Crippen LogP contribution in [0.1, 0.15) is 41.3 Å². The maximum absolute atomic E-state index is 11.2. The number of nitrogens with two attached hydrogens (primary N) is 1. The fraction of sp³-hybridized carbons (Fsp3) is 0.235. The summed E-state index contributed by atoms with van der Waals surface area (Å²) in [6.07, 6.45) is 0. The van der Waals surface area contributed by atoms with Crippen LogP contribution in [0.25, 0.3) is 0 Å². The van der Waals surface area contributed by atoms with Crippen molar-refractivity contribution >= 4 is 11.7 Å². The number of nitrogen functional groups attached to an aromatic ring is 1. The van der Waals surface area contributed by atoms with Gasteiger partial charge in [-0.1, -0.05) is 38.1 Å². The molecule has 4 heteroatoms. The number of hydrogen-bond donors (Lipinski definition) is 2. The summed E-state index contributed by atoms with van der Waals surface area (Å²) in [5.74, 6) is -0.243. The average molecular weight is 285 g/mol. The van der Waals surface area contributed by atoms with Crippen molar-refractivity contribution in [1.29, 1.82) is 0 Å². The molecule has 0 atom stereocenters. The zero-order valence-electron chi connectivity index (χ0n) is 12.2. The van der Waals surface area contributed by atoms with Crippen LogP contribution in [0.2, 0.25) is 0 Å². The summed E-state index contributed by atoms with van der Waals surface area (Å²) in [5, 5.41) is 9.15. The van der Waals surface area contributed by atoms with Crippen molar-refractivity contribution in [2.24, 2.45) is 0 Å². The smallest absolute Gasteiger partial charge is 0.339 e. The maximum Gasteiger partial charge on any atom is 0.339 e. The van der Waals surface area contributed by atoms with Crippen molar-refractivity contribution in [3.05, 3.63) is 59.2 Å². The molecule has 0 aromatic heterocycles. The fourth-order valence-corrected chi connectivity index (χ4v) is 2.00. The summed E-state index contributed by atoms with van der Waals surface area (Å²) in [7, 11) is 0. The summed E-state index contributed by atoms with van der Waals surface area (Å²) < 4.78 is 5.60. The summed E-state index contributed by atoms with van der Waals surface area (Å²) in [6.45, 7) is 4.60. The molecule has 0 saturated heterocycles. The van der Waals surface area contributed by atoms with Gasteiger partial charge in [-0.05, 0) is 35.2 Å². The van der Waals surface area contributed by atoms with E-state index in [0.717, 1.165) is 5.56 Å². The van der Waals surface area contributed by atoms with Crippen LogP contribution in [-0.4, -0.2) is 11.1 Å². The van der Waals surface area contributed by atoms with E-state index in [9.17, 15) is 4.79 Å². The first-order chi connectivity index (χ1) is 9.97. The Morgan fingerprint density at radius 2 is 1.86 bits per heavy atom. The standard InChI is InChI=1S/C17H19NO3/c1-11(2)13-5-3-12(4-6-13)10-21-16-8-7-14(18)9-15(16)17(19)20/h3-9,11H,10,18H2,1-2H3,(H,19,20). The van der Waals surface area contributed by atoms with Crippen molar-refractivity contribution in [2.75, 3.05) is 5.73 Å². The van der Waals surface area contributed by atoms with Crippen LogP contribution >= 0.6 is 0 Å². The molecule has 0 aliphatic carbocycles. The molecule has 21 heavy (non-hydrogen) atoms. The van der Waals surface area contributed by atoms with Crippen LogP contribution in [0.5, 0.6) is 5.75 Å². The zero-order chi connectivity index (χ0) is 15.4. The predicted octanol–water partition coefficient (Wildman–Crippen LogP) is 3.67. The van der Waals surface area contributed by atoms with Crippen LogP contribution in [0.15, 0.2) is 42.5 Å². The minimum Gasteiger partial charge on any atom is -0.488 e. The molecule has 4 nitrogen and oxygen atoms in total. The SMILES string of the molecule is CC(C)c1ccc(COc2ccc(N)cc2C(=O)O)cc1. The molecule has 0 unspecified atom stereocenters. The Kier molecular flexibility index (Phi) is 4.48. The van der Waals surface area contributed by atoms with E-state index in [0.29, 0.717) is 24.0 Å². The second kappa shape index (κ2) is 6.31. The lowest BCUT2D eigenvalue weighted by Gasteiger charge is -2.11. The van der Waals surface area contributed by atoms with E-state index in [1.54, 1.807) is 12.1 Å². The molecule has 2 aromatic rings. The van der Waals surface area contributed by atoms with Crippen LogP contribution < -0.4 is 10.5 Å². The van der Waals surface area contributed by atoms with Crippen LogP contribution in [0, 0.1) is 0 Å². The van der Waals surface area contributed by atoms with Crippen molar-refractivity contribution in [3.63, 3.8) is 0 Å². The molecule has 0 heterocycles. The highest BCUT2D eigenvalue weighted by Gasteiger charge is 2.11. The minimum atomic E-state index is -1.05. The monoisotopic (exact) mass is 285 g/mol. The number of benzene rings is 2. The van der Waals surface area contributed by atoms with Gasteiger partial charge in [0.05, 0.1) is 0 Å². The van der Waals surface area contributed by atoms with E-state index in [1.165, 1.54) is 11.6 Å². The van der Waals surface area contributed by atoms with E-state index in [2.05, 4.69) is 26.0 Å². The number of carbonyl (C=O) groups is 1. The molecule has 2 aromatic carbocycles. The highest BCUT2D eigenvalue weighted by atomic mass is 16.5. The Balaban J connectivity index is 2.11. The molecule has 3 N–H and O–H groups in total. The number of carboxylic acids is 1. The highest BCUT2D eigenvalue weighted by Crippen LogP contribution is 2.23. The third kappa shape index (κ3) is 3.75. The molecule has 110 valence electrons. The Morgan fingerprint density at radius 3 is 2.43 bits per heavy atom. The van der Waals surface area contributed by atoms with Gasteiger partial charge < -0.3 is 15.6 Å². The maximum atomic E-state index is 11.2. The van der Waals surface area contributed by atoms with Crippen LogP contribution in [0.4, 0.5) is 5.69 Å². The Morgan fingerprint density at radius 1 is 1.19 bits per heavy atom. The third-order valence-electron chi connectivity index (χ3n) is 3.27. The number of rotatable bonds is 5. The molecular formula is C17H19NO3. The molecule has 0 amide bonds. The first-order valence-electron chi connectivity index (χ1n) is 6.82. The molecule has 0 spiro atoms. The highest BCUT2D eigenvalue weighted by molar-refractivity contribution is 5.92. The van der Waals surface area contributed by atoms with Gasteiger partial charge in [0, 0.05) is 5.69 Å². The van der Waals surface area contributed by atoms with Gasteiger partial charge in [0.2, 0.25) is 0 Å². The number of carboxylic acid groups (broad SMARTS) is 1. The number of ether oxygens (including phenoxy) is 1. The Labute approximate surface area is 124 Å². The van der Waals surface area contributed by atoms with E-state index >= 15 is 0 Å². The van der Waals surface area contributed by atoms with Gasteiger partial charge in [-0.3, -0.25) is 0 Å². The average Bonchev–Trinajstić information content (AvgIpc) is 2.46. The van der Waals surface area contributed by atoms with Gasteiger partial charge in [0.25, 0.3) is 0 Å². The first kappa shape index (κ1) is 14.9. The summed E-state index contributed by atoms with van der Waals surface area (Å²) in [6, 6.07) is 12.7. The molecule has 0 fully saturated rings. The van der Waals surface area contributed by atoms with Crippen molar-refractivity contribution < 1.29 is 14.6 Å². The van der Waals surface area contributed by atoms with Gasteiger partial charge in [0.1, 0.15) is 17.9 Å². The van der Waals surface area contributed by atoms with Crippen molar-refractivity contribution in [3.8, 4) is 5.75 Å². The van der Waals surface area contributed by atoms with Gasteiger partial charge in [-0.2, -0.15) is 0 Å². The predicted molar refractivity (Wildman–Crippen MR) is 82.7 cm³/mol. The summed E-state index contributed by atoms with van der Waals surface area (Å²) in [5.41, 5.74) is 8.33. The zero-order valence-corrected chi connectivity index (χ0v) is 12.2. The summed E-state index contributed by atoms with van der Waals surface area (Å²) >= 11 is 0. The van der Waals surface area contributed by atoms with Gasteiger partial charge in [-0.25, -0.2) is 4.79 Å². The minimum absolute atomic E-state index is 0.0776. The van der Waals surface area contributed by atoms with E-state index in [4.69, 9.17) is 15.6 Å². The lowest BCUT2D eigenvalue weighted by molar-refractivity contribution is 0.0692. The second-order valence-electron chi connectivity index (χ2n) is 5.25. The lowest BCUT2D eigenvalue weighted by Crippen LogP contribution is -2.04. The van der Waals surface area contributed by atoms with Gasteiger partial charge in [-0.15, -0.1) is 0 Å². The van der Waals surface area contributed by atoms with Crippen molar-refractivity contribution in [2.45, 2.75) is 26.4 Å². The Bertz CT molecular complexity index is 633. The quantitative estimate of drug-likeness (QED) is 0.822. The lowest BCUT2D eigenvalue weighted by atomic mass is 10.0. The first-order valence-corrected chi connectivity index (χ1v) is 6.82. The molecule has 0 saturated carbocycles.